The number of nitrogens with zero attached hydrogens (tertiary/aromatic N) is 1. The summed E-state index contributed by atoms with van der Waals surface area (Å²) in [5.74, 6) is 0.871. The van der Waals surface area contributed by atoms with Crippen LogP contribution < -0.4 is 10.1 Å². The van der Waals surface area contributed by atoms with Crippen molar-refractivity contribution in [2.75, 3.05) is 32.1 Å². The lowest BCUT2D eigenvalue weighted by atomic mass is 10.2. The van der Waals surface area contributed by atoms with Gasteiger partial charge in [-0.15, -0.1) is 0 Å². The quantitative estimate of drug-likeness (QED) is 0.689. The van der Waals surface area contributed by atoms with Crippen LogP contribution in [0, 0.1) is 6.92 Å². The molecule has 0 bridgehead atoms. The van der Waals surface area contributed by atoms with Gasteiger partial charge in [-0.1, -0.05) is 34.1 Å². The van der Waals surface area contributed by atoms with Gasteiger partial charge in [-0.2, -0.15) is 0 Å². The number of carbonyl (C=O) groups is 1. The lowest BCUT2D eigenvalue weighted by molar-refractivity contribution is -0.117. The number of aryl methyl sites for hydroxylation is 1. The van der Waals surface area contributed by atoms with E-state index in [1.807, 2.05) is 67.4 Å². The van der Waals surface area contributed by atoms with Crippen molar-refractivity contribution in [2.24, 2.45) is 0 Å². The topological polar surface area (TPSA) is 41.6 Å². The Labute approximate surface area is 151 Å². The predicted octanol–water partition coefficient (Wildman–Crippen LogP) is 4.10. The largest absolute Gasteiger partial charge is 0.494 e. The lowest BCUT2D eigenvalue weighted by Crippen LogP contribution is -2.31. The monoisotopic (exact) mass is 390 g/mol. The Kier molecular flexibility index (Phi) is 7.28. The second-order valence-electron chi connectivity index (χ2n) is 5.76. The zero-order chi connectivity index (χ0) is 17.4. The molecule has 0 heterocycles. The van der Waals surface area contributed by atoms with Gasteiger partial charge in [0.1, 0.15) is 5.75 Å². The van der Waals surface area contributed by atoms with Crippen LogP contribution in [-0.4, -0.2) is 37.6 Å². The molecule has 5 heteroatoms. The van der Waals surface area contributed by atoms with Gasteiger partial charge in [-0.05, 0) is 56.3 Å². The van der Waals surface area contributed by atoms with E-state index in [1.165, 1.54) is 0 Å². The van der Waals surface area contributed by atoms with Crippen molar-refractivity contribution < 1.29 is 9.53 Å². The minimum absolute atomic E-state index is 0.00750. The van der Waals surface area contributed by atoms with E-state index >= 15 is 0 Å². The number of rotatable bonds is 8. The number of hydrogen-bond acceptors (Lipinski definition) is 3. The molecule has 2 rings (SSSR count). The van der Waals surface area contributed by atoms with Crippen molar-refractivity contribution in [2.45, 2.75) is 13.3 Å². The van der Waals surface area contributed by atoms with Gasteiger partial charge in [-0.25, -0.2) is 0 Å². The number of halogens is 1. The minimum Gasteiger partial charge on any atom is -0.494 e. The Bertz CT molecular complexity index is 662. The molecule has 0 atom stereocenters. The van der Waals surface area contributed by atoms with Gasteiger partial charge in [0, 0.05) is 16.7 Å². The molecule has 4 nitrogen and oxygen atoms in total. The minimum atomic E-state index is -0.00750. The molecule has 1 N–H and O–H groups in total. The standard InChI is InChI=1S/C19H23BrN2O2/c1-15-13-16(20)9-10-18(15)21-19(23)14-22(2)11-6-12-24-17-7-4-3-5-8-17/h3-5,7-10,13H,6,11-12,14H2,1-2H3,(H,21,23). The molecule has 0 fully saturated rings. The van der Waals surface area contributed by atoms with E-state index in [-0.39, 0.29) is 5.91 Å². The fourth-order valence-corrected chi connectivity index (χ4v) is 2.80. The highest BCUT2D eigenvalue weighted by atomic mass is 79.9. The van der Waals surface area contributed by atoms with E-state index in [1.54, 1.807) is 0 Å². The molecule has 0 unspecified atom stereocenters. The fraction of sp³-hybridized carbons (Fsp3) is 0.316. The third-order valence-electron chi connectivity index (χ3n) is 3.57. The van der Waals surface area contributed by atoms with Crippen LogP contribution in [0.4, 0.5) is 5.69 Å². The van der Waals surface area contributed by atoms with Crippen molar-refractivity contribution >= 4 is 27.5 Å². The molecule has 0 radical (unpaired) electrons. The van der Waals surface area contributed by atoms with Crippen molar-refractivity contribution in [1.29, 1.82) is 0 Å². The van der Waals surface area contributed by atoms with E-state index in [9.17, 15) is 4.79 Å². The second-order valence-corrected chi connectivity index (χ2v) is 6.68. The molecule has 0 aliphatic carbocycles. The van der Waals surface area contributed by atoms with Gasteiger partial charge in [0.2, 0.25) is 5.91 Å². The number of likely N-dealkylation sites (N-methyl/N-ethyl adjacent to an activating group) is 1. The summed E-state index contributed by atoms with van der Waals surface area (Å²) < 4.78 is 6.66. The normalized spacial score (nSPS) is 10.7. The van der Waals surface area contributed by atoms with Crippen molar-refractivity contribution in [1.82, 2.24) is 4.90 Å². The Hall–Kier alpha value is -1.85. The van der Waals surface area contributed by atoms with Crippen molar-refractivity contribution in [3.63, 3.8) is 0 Å². The molecule has 0 aliphatic heterocycles. The highest BCUT2D eigenvalue weighted by Gasteiger charge is 2.08. The smallest absolute Gasteiger partial charge is 0.238 e. The Morgan fingerprint density at radius 2 is 1.96 bits per heavy atom. The molecule has 1 amide bonds. The highest BCUT2D eigenvalue weighted by Crippen LogP contribution is 2.19. The summed E-state index contributed by atoms with van der Waals surface area (Å²) in [6.07, 6.45) is 0.871. The number of amides is 1. The lowest BCUT2D eigenvalue weighted by Gasteiger charge is -2.17. The number of anilines is 1. The van der Waals surface area contributed by atoms with Crippen LogP contribution in [0.25, 0.3) is 0 Å². The van der Waals surface area contributed by atoms with Gasteiger partial charge < -0.3 is 10.1 Å². The molecule has 0 aliphatic rings. The average molecular weight is 391 g/mol. The van der Waals surface area contributed by atoms with Crippen molar-refractivity contribution in [3.05, 3.63) is 58.6 Å². The average Bonchev–Trinajstić information content (AvgIpc) is 2.55. The first-order valence-corrected chi connectivity index (χ1v) is 8.76. The van der Waals surface area contributed by atoms with Gasteiger partial charge in [0.25, 0.3) is 0 Å². The highest BCUT2D eigenvalue weighted by molar-refractivity contribution is 9.10. The summed E-state index contributed by atoms with van der Waals surface area (Å²) in [5, 5.41) is 2.95. The predicted molar refractivity (Wildman–Crippen MR) is 102 cm³/mol. The van der Waals surface area contributed by atoms with E-state index in [0.717, 1.165) is 34.4 Å². The van der Waals surface area contributed by atoms with Crippen LogP contribution in [0.1, 0.15) is 12.0 Å². The van der Waals surface area contributed by atoms with Gasteiger partial charge >= 0.3 is 0 Å². The van der Waals surface area contributed by atoms with Gasteiger partial charge in [-0.3, -0.25) is 9.69 Å². The number of para-hydroxylation sites is 1. The molecular formula is C19H23BrN2O2. The molecule has 128 valence electrons. The fourth-order valence-electron chi connectivity index (χ4n) is 2.32. The number of nitrogens with one attached hydrogen (secondary N) is 1. The molecule has 24 heavy (non-hydrogen) atoms. The first-order chi connectivity index (χ1) is 11.5. The van der Waals surface area contributed by atoms with Crippen LogP contribution in [0.5, 0.6) is 5.75 Å². The van der Waals surface area contributed by atoms with Gasteiger partial charge in [0.05, 0.1) is 13.2 Å². The Morgan fingerprint density at radius 1 is 1.21 bits per heavy atom. The summed E-state index contributed by atoms with van der Waals surface area (Å²) in [6, 6.07) is 15.6. The van der Waals surface area contributed by atoms with Crippen LogP contribution in [0.2, 0.25) is 0 Å². The second kappa shape index (κ2) is 9.45. The molecule has 0 saturated heterocycles. The number of hydrogen-bond donors (Lipinski definition) is 1. The molecular weight excluding hydrogens is 368 g/mol. The van der Waals surface area contributed by atoms with E-state index in [0.29, 0.717) is 13.2 Å². The SMILES string of the molecule is Cc1cc(Br)ccc1NC(=O)CN(C)CCCOc1ccccc1. The third-order valence-corrected chi connectivity index (χ3v) is 4.07. The summed E-state index contributed by atoms with van der Waals surface area (Å²) in [4.78, 5) is 14.1. The van der Waals surface area contributed by atoms with E-state index < -0.39 is 0 Å². The van der Waals surface area contributed by atoms with Crippen LogP contribution >= 0.6 is 15.9 Å². The maximum atomic E-state index is 12.1. The Balaban J connectivity index is 1.68. The number of benzene rings is 2. The summed E-state index contributed by atoms with van der Waals surface area (Å²) in [6.45, 7) is 3.78. The molecule has 0 spiro atoms. The maximum absolute atomic E-state index is 12.1. The number of carbonyl (C=O) groups excluding carboxylic acids is 1. The summed E-state index contributed by atoms with van der Waals surface area (Å²) in [7, 11) is 1.94. The Morgan fingerprint density at radius 3 is 2.67 bits per heavy atom. The van der Waals surface area contributed by atoms with E-state index in [2.05, 4.69) is 21.2 Å². The van der Waals surface area contributed by atoms with Crippen LogP contribution in [0.3, 0.4) is 0 Å². The number of ether oxygens (including phenoxy) is 1. The van der Waals surface area contributed by atoms with E-state index in [4.69, 9.17) is 4.74 Å². The third kappa shape index (κ3) is 6.34. The maximum Gasteiger partial charge on any atom is 0.238 e. The van der Waals surface area contributed by atoms with Crippen LogP contribution in [-0.2, 0) is 4.79 Å². The zero-order valence-corrected chi connectivity index (χ0v) is 15.7. The zero-order valence-electron chi connectivity index (χ0n) is 14.1. The molecule has 0 saturated carbocycles. The first-order valence-electron chi connectivity index (χ1n) is 7.97. The molecule has 2 aromatic carbocycles. The first kappa shape index (κ1) is 18.5. The molecule has 0 aromatic heterocycles. The summed E-state index contributed by atoms with van der Waals surface area (Å²) >= 11 is 3.42. The summed E-state index contributed by atoms with van der Waals surface area (Å²) in [5.41, 5.74) is 1.89. The van der Waals surface area contributed by atoms with Crippen LogP contribution in [0.15, 0.2) is 53.0 Å². The molecule has 2 aromatic rings. The van der Waals surface area contributed by atoms with Gasteiger partial charge in [0.15, 0.2) is 0 Å². The van der Waals surface area contributed by atoms with Crippen molar-refractivity contribution in [3.8, 4) is 5.75 Å².